The molecular weight excluding hydrogens is 314 g/mol. The van der Waals surface area contributed by atoms with Crippen LogP contribution < -0.4 is 10.6 Å². The summed E-state index contributed by atoms with van der Waals surface area (Å²) in [5.74, 6) is 1.69. The molecule has 1 rings (SSSR count). The topological polar surface area (TPSA) is 84.2 Å². The highest BCUT2D eigenvalue weighted by molar-refractivity contribution is 8.01. The van der Waals surface area contributed by atoms with Gasteiger partial charge in [0.25, 0.3) is 0 Å². The highest BCUT2D eigenvalue weighted by atomic mass is 32.2. The number of carbonyl (C=O) groups excluding carboxylic acids is 2. The summed E-state index contributed by atoms with van der Waals surface area (Å²) in [6.07, 6.45) is 2.06. The highest BCUT2D eigenvalue weighted by Gasteiger charge is 2.17. The first-order chi connectivity index (χ1) is 10.8. The zero-order valence-electron chi connectivity index (χ0n) is 14.5. The van der Waals surface area contributed by atoms with Gasteiger partial charge in [-0.25, -0.2) is 0 Å². The number of hydrogen-bond donors (Lipinski definition) is 2. The fourth-order valence-electron chi connectivity index (χ4n) is 1.90. The lowest BCUT2D eigenvalue weighted by molar-refractivity contribution is -0.119. The van der Waals surface area contributed by atoms with E-state index in [2.05, 4.69) is 29.6 Å². The Morgan fingerprint density at radius 3 is 2.52 bits per heavy atom. The van der Waals surface area contributed by atoms with E-state index in [9.17, 15) is 9.59 Å². The molecule has 2 N–H and O–H groups in total. The van der Waals surface area contributed by atoms with Gasteiger partial charge >= 0.3 is 0 Å². The Morgan fingerprint density at radius 1 is 1.26 bits per heavy atom. The molecule has 7 heteroatoms. The summed E-state index contributed by atoms with van der Waals surface area (Å²) < 4.78 is 4.89. The number of carbonyl (C=O) groups is 2. The first-order valence-corrected chi connectivity index (χ1v) is 8.98. The normalized spacial score (nSPS) is 13.7. The first-order valence-electron chi connectivity index (χ1n) is 7.93. The van der Waals surface area contributed by atoms with Crippen LogP contribution in [0.25, 0.3) is 0 Å². The lowest BCUT2D eigenvalue weighted by atomic mass is 10.0. The van der Waals surface area contributed by atoms with E-state index in [1.807, 2.05) is 6.92 Å². The van der Waals surface area contributed by atoms with Crippen LogP contribution in [0.1, 0.15) is 46.3 Å². The number of nitrogens with zero attached hydrogens (tertiary/aromatic N) is 1. The minimum absolute atomic E-state index is 0.0387. The number of thioether (sulfide) groups is 1. The van der Waals surface area contributed by atoms with Gasteiger partial charge in [-0.1, -0.05) is 19.0 Å². The van der Waals surface area contributed by atoms with Crippen LogP contribution in [0.15, 0.2) is 10.6 Å². The maximum Gasteiger partial charge on any atom is 0.238 e. The lowest BCUT2D eigenvalue weighted by Crippen LogP contribution is -2.35. The minimum atomic E-state index is -0.344. The molecule has 0 radical (unpaired) electrons. The molecule has 0 fully saturated rings. The summed E-state index contributed by atoms with van der Waals surface area (Å²) in [5.41, 5.74) is 0. The summed E-state index contributed by atoms with van der Waals surface area (Å²) in [7, 11) is 0. The Balaban J connectivity index is 2.27. The zero-order valence-corrected chi connectivity index (χ0v) is 15.3. The van der Waals surface area contributed by atoms with Crippen molar-refractivity contribution in [2.45, 2.75) is 58.8 Å². The molecule has 0 aliphatic heterocycles. The van der Waals surface area contributed by atoms with E-state index in [4.69, 9.17) is 4.52 Å². The largest absolute Gasteiger partial charge is 0.360 e. The Bertz CT molecular complexity index is 516. The molecule has 2 atom stereocenters. The molecule has 0 saturated heterocycles. The van der Waals surface area contributed by atoms with Crippen molar-refractivity contribution in [2.24, 2.45) is 5.92 Å². The van der Waals surface area contributed by atoms with Gasteiger partial charge in [-0.2, -0.15) is 0 Å². The summed E-state index contributed by atoms with van der Waals surface area (Å²) in [6, 6.07) is 1.81. The molecule has 1 heterocycles. The summed E-state index contributed by atoms with van der Waals surface area (Å²) in [5, 5.41) is 9.00. The Hall–Kier alpha value is -1.50. The van der Waals surface area contributed by atoms with Crippen molar-refractivity contribution in [3.63, 3.8) is 0 Å². The van der Waals surface area contributed by atoms with E-state index in [0.29, 0.717) is 17.5 Å². The third-order valence-electron chi connectivity index (χ3n) is 3.30. The molecule has 23 heavy (non-hydrogen) atoms. The predicted octanol–water partition coefficient (Wildman–Crippen LogP) is 2.98. The van der Waals surface area contributed by atoms with Crippen molar-refractivity contribution in [3.8, 4) is 0 Å². The molecule has 2 amide bonds. The highest BCUT2D eigenvalue weighted by Crippen LogP contribution is 2.14. The molecule has 0 aliphatic rings. The minimum Gasteiger partial charge on any atom is -0.360 e. The van der Waals surface area contributed by atoms with Gasteiger partial charge in [-0.15, -0.1) is 11.8 Å². The van der Waals surface area contributed by atoms with Gasteiger partial charge in [0, 0.05) is 12.1 Å². The predicted molar refractivity (Wildman–Crippen MR) is 93.5 cm³/mol. The lowest BCUT2D eigenvalue weighted by Gasteiger charge is -2.16. The first kappa shape index (κ1) is 19.5. The zero-order chi connectivity index (χ0) is 17.4. The Morgan fingerprint density at radius 2 is 1.96 bits per heavy atom. The maximum absolute atomic E-state index is 12.0. The number of aromatic nitrogens is 1. The van der Waals surface area contributed by atoms with Crippen molar-refractivity contribution in [2.75, 3.05) is 11.1 Å². The van der Waals surface area contributed by atoms with Gasteiger partial charge in [-0.05, 0) is 39.5 Å². The molecule has 0 aromatic carbocycles. The molecule has 1 aromatic heterocycles. The number of hydrogen-bond acceptors (Lipinski definition) is 5. The number of anilines is 1. The molecular formula is C16H27N3O3S. The van der Waals surface area contributed by atoms with E-state index in [1.165, 1.54) is 11.8 Å². The van der Waals surface area contributed by atoms with Crippen LogP contribution in [0, 0.1) is 12.8 Å². The van der Waals surface area contributed by atoms with Crippen molar-refractivity contribution < 1.29 is 14.1 Å². The molecule has 0 aliphatic carbocycles. The average Bonchev–Trinajstić information content (AvgIpc) is 2.87. The molecule has 2 unspecified atom stereocenters. The van der Waals surface area contributed by atoms with Crippen molar-refractivity contribution in [3.05, 3.63) is 11.8 Å². The van der Waals surface area contributed by atoms with Crippen LogP contribution in [0.4, 0.5) is 5.82 Å². The van der Waals surface area contributed by atoms with Gasteiger partial charge in [0.1, 0.15) is 5.76 Å². The van der Waals surface area contributed by atoms with Crippen molar-refractivity contribution in [1.29, 1.82) is 0 Å². The summed E-state index contributed by atoms with van der Waals surface area (Å²) in [6.45, 7) is 9.87. The number of rotatable bonds is 9. The van der Waals surface area contributed by atoms with Crippen molar-refractivity contribution >= 4 is 29.4 Å². The van der Waals surface area contributed by atoms with Crippen LogP contribution in [-0.2, 0) is 9.59 Å². The molecule has 130 valence electrons. The van der Waals surface area contributed by atoms with Gasteiger partial charge in [0.05, 0.1) is 11.0 Å². The fourth-order valence-corrected chi connectivity index (χ4v) is 2.60. The number of aryl methyl sites for hydroxylation is 1. The van der Waals surface area contributed by atoms with E-state index < -0.39 is 0 Å². The Labute approximate surface area is 142 Å². The third kappa shape index (κ3) is 8.06. The van der Waals surface area contributed by atoms with E-state index in [0.717, 1.165) is 12.8 Å². The average molecular weight is 341 g/mol. The monoisotopic (exact) mass is 341 g/mol. The quantitative estimate of drug-likeness (QED) is 0.721. The Kier molecular flexibility index (Phi) is 8.16. The van der Waals surface area contributed by atoms with Crippen LogP contribution >= 0.6 is 11.8 Å². The van der Waals surface area contributed by atoms with Crippen LogP contribution in [0.3, 0.4) is 0 Å². The van der Waals surface area contributed by atoms with Crippen LogP contribution in [0.5, 0.6) is 0 Å². The second kappa shape index (κ2) is 9.60. The molecule has 0 spiro atoms. The third-order valence-corrected chi connectivity index (χ3v) is 4.44. The van der Waals surface area contributed by atoms with Crippen molar-refractivity contribution in [1.82, 2.24) is 10.5 Å². The van der Waals surface area contributed by atoms with Gasteiger partial charge < -0.3 is 15.2 Å². The van der Waals surface area contributed by atoms with Crippen LogP contribution in [-0.4, -0.2) is 34.0 Å². The van der Waals surface area contributed by atoms with Gasteiger partial charge in [-0.3, -0.25) is 9.59 Å². The summed E-state index contributed by atoms with van der Waals surface area (Å²) in [4.78, 5) is 23.9. The van der Waals surface area contributed by atoms with Gasteiger partial charge in [0.2, 0.25) is 11.8 Å². The molecule has 0 bridgehead atoms. The SMILES string of the molecule is Cc1cc(NC(=O)C(C)SCC(=O)NC(C)CCC(C)C)no1. The maximum atomic E-state index is 12.0. The van der Waals surface area contributed by atoms with E-state index in [-0.39, 0.29) is 28.9 Å². The smallest absolute Gasteiger partial charge is 0.238 e. The second-order valence-corrected chi connectivity index (χ2v) is 7.53. The standard InChI is InChI=1S/C16H27N3O3S/c1-10(2)6-7-11(3)17-15(20)9-23-13(5)16(21)18-14-8-12(4)22-19-14/h8,10-11,13H,6-7,9H2,1-5H3,(H,17,20)(H,18,19,21). The van der Waals surface area contributed by atoms with E-state index >= 15 is 0 Å². The van der Waals surface area contributed by atoms with Gasteiger partial charge in [0.15, 0.2) is 5.82 Å². The second-order valence-electron chi connectivity index (χ2n) is 6.21. The molecule has 0 saturated carbocycles. The number of amides is 2. The van der Waals surface area contributed by atoms with Crippen LogP contribution in [0.2, 0.25) is 0 Å². The number of nitrogens with one attached hydrogen (secondary N) is 2. The molecule has 6 nitrogen and oxygen atoms in total. The molecule has 1 aromatic rings. The fraction of sp³-hybridized carbons (Fsp3) is 0.688. The summed E-state index contributed by atoms with van der Waals surface area (Å²) >= 11 is 1.30. The van der Waals surface area contributed by atoms with E-state index in [1.54, 1.807) is 19.9 Å².